The van der Waals surface area contributed by atoms with Gasteiger partial charge < -0.3 is 10.4 Å². The number of carboxylic acids is 1. The van der Waals surface area contributed by atoms with Gasteiger partial charge in [-0.1, -0.05) is 30.3 Å². The van der Waals surface area contributed by atoms with Gasteiger partial charge in [-0.15, -0.1) is 5.10 Å². The zero-order chi connectivity index (χ0) is 16.1. The number of hydrogen-bond acceptors (Lipinski definition) is 5. The van der Waals surface area contributed by atoms with Crippen molar-refractivity contribution in [3.05, 3.63) is 72.2 Å². The lowest BCUT2D eigenvalue weighted by molar-refractivity contribution is 0.0698. The molecule has 1 aromatic heterocycles. The average Bonchev–Trinajstić information content (AvgIpc) is 3.04. The normalized spacial score (nSPS) is 10.8. The Labute approximate surface area is 131 Å². The molecule has 7 heteroatoms. The van der Waals surface area contributed by atoms with Crippen molar-refractivity contribution in [3.8, 4) is 5.69 Å². The molecule has 7 nitrogen and oxygen atoms in total. The second-order valence-electron chi connectivity index (χ2n) is 4.61. The van der Waals surface area contributed by atoms with Gasteiger partial charge in [-0.3, -0.25) is 0 Å². The van der Waals surface area contributed by atoms with Crippen molar-refractivity contribution in [2.45, 2.75) is 0 Å². The Balaban J connectivity index is 1.81. The predicted octanol–water partition coefficient (Wildman–Crippen LogP) is 2.44. The van der Waals surface area contributed by atoms with E-state index in [0.717, 1.165) is 5.69 Å². The highest BCUT2D eigenvalue weighted by molar-refractivity contribution is 5.94. The van der Waals surface area contributed by atoms with Crippen LogP contribution in [0, 0.1) is 0 Å². The Kier molecular flexibility index (Phi) is 4.10. The van der Waals surface area contributed by atoms with E-state index in [0.29, 0.717) is 11.5 Å². The third-order valence-corrected chi connectivity index (χ3v) is 3.12. The number of carboxylic acid groups (broad SMARTS) is 1. The molecule has 0 atom stereocenters. The number of nitrogens with one attached hydrogen (secondary N) is 1. The third-order valence-electron chi connectivity index (χ3n) is 3.12. The van der Waals surface area contributed by atoms with Crippen LogP contribution in [0.25, 0.3) is 11.8 Å². The summed E-state index contributed by atoms with van der Waals surface area (Å²) in [6.07, 6.45) is 3.28. The number of benzene rings is 2. The lowest BCUT2D eigenvalue weighted by Gasteiger charge is -2.05. The molecule has 0 spiro atoms. The molecule has 0 amide bonds. The molecule has 0 fully saturated rings. The molecule has 3 aromatic rings. The summed E-state index contributed by atoms with van der Waals surface area (Å²) in [6, 6.07) is 16.1. The lowest BCUT2D eigenvalue weighted by atomic mass is 10.2. The lowest BCUT2D eigenvalue weighted by Crippen LogP contribution is -2.02. The van der Waals surface area contributed by atoms with Crippen molar-refractivity contribution in [2.75, 3.05) is 5.32 Å². The van der Waals surface area contributed by atoms with Crippen molar-refractivity contribution >= 4 is 17.7 Å². The van der Waals surface area contributed by atoms with E-state index in [1.165, 1.54) is 6.07 Å². The molecule has 0 aliphatic carbocycles. The van der Waals surface area contributed by atoms with Crippen LogP contribution in [0.2, 0.25) is 0 Å². The Bertz CT molecular complexity index is 842. The largest absolute Gasteiger partial charge is 0.478 e. The SMILES string of the molecule is O=C(O)c1ccccc1N/C=C/c1nnnn1-c1ccccc1. The summed E-state index contributed by atoms with van der Waals surface area (Å²) < 4.78 is 1.58. The first-order valence-corrected chi connectivity index (χ1v) is 6.85. The highest BCUT2D eigenvalue weighted by atomic mass is 16.4. The molecule has 114 valence electrons. The topological polar surface area (TPSA) is 92.9 Å². The third kappa shape index (κ3) is 3.24. The fourth-order valence-electron chi connectivity index (χ4n) is 2.05. The molecule has 0 saturated carbocycles. The quantitative estimate of drug-likeness (QED) is 0.752. The van der Waals surface area contributed by atoms with Gasteiger partial charge in [0.1, 0.15) is 0 Å². The van der Waals surface area contributed by atoms with Crippen LogP contribution >= 0.6 is 0 Å². The molecular formula is C16H13N5O2. The number of rotatable bonds is 5. The number of aromatic carboxylic acids is 1. The Morgan fingerprint density at radius 2 is 1.83 bits per heavy atom. The maximum atomic E-state index is 11.2. The minimum atomic E-state index is -0.990. The van der Waals surface area contributed by atoms with Crippen LogP contribution in [-0.4, -0.2) is 31.3 Å². The van der Waals surface area contributed by atoms with Gasteiger partial charge in [0.25, 0.3) is 0 Å². The summed E-state index contributed by atoms with van der Waals surface area (Å²) in [5.41, 5.74) is 1.53. The second kappa shape index (κ2) is 6.52. The molecule has 23 heavy (non-hydrogen) atoms. The zero-order valence-corrected chi connectivity index (χ0v) is 12.0. The van der Waals surface area contributed by atoms with E-state index < -0.39 is 5.97 Å². The van der Waals surface area contributed by atoms with E-state index in [1.54, 1.807) is 35.2 Å². The molecule has 0 aliphatic rings. The smallest absolute Gasteiger partial charge is 0.337 e. The fourth-order valence-corrected chi connectivity index (χ4v) is 2.05. The van der Waals surface area contributed by atoms with Crippen molar-refractivity contribution in [3.63, 3.8) is 0 Å². The van der Waals surface area contributed by atoms with E-state index >= 15 is 0 Å². The van der Waals surface area contributed by atoms with Crippen LogP contribution in [-0.2, 0) is 0 Å². The van der Waals surface area contributed by atoms with Gasteiger partial charge in [0, 0.05) is 12.3 Å². The summed E-state index contributed by atoms with van der Waals surface area (Å²) in [5, 5.41) is 23.6. The summed E-state index contributed by atoms with van der Waals surface area (Å²) in [6.45, 7) is 0. The minimum Gasteiger partial charge on any atom is -0.478 e. The minimum absolute atomic E-state index is 0.194. The molecule has 0 bridgehead atoms. The molecular weight excluding hydrogens is 294 g/mol. The zero-order valence-electron chi connectivity index (χ0n) is 12.0. The van der Waals surface area contributed by atoms with Crippen LogP contribution in [0.15, 0.2) is 60.8 Å². The number of aromatic nitrogens is 4. The molecule has 0 aliphatic heterocycles. The first-order valence-electron chi connectivity index (χ1n) is 6.85. The van der Waals surface area contributed by atoms with Gasteiger partial charge in [0.2, 0.25) is 0 Å². The molecule has 0 unspecified atom stereocenters. The highest BCUT2D eigenvalue weighted by Crippen LogP contribution is 2.15. The Morgan fingerprint density at radius 3 is 2.61 bits per heavy atom. The van der Waals surface area contributed by atoms with E-state index in [4.69, 9.17) is 5.11 Å². The summed E-state index contributed by atoms with van der Waals surface area (Å²) >= 11 is 0. The molecule has 0 saturated heterocycles. The standard InChI is InChI=1S/C16H13N5O2/c22-16(23)13-8-4-5-9-14(13)17-11-10-15-18-19-20-21(15)12-6-2-1-3-7-12/h1-11,17H,(H,22,23)/b11-10+. The number of para-hydroxylation sites is 2. The van der Waals surface area contributed by atoms with Crippen LogP contribution < -0.4 is 5.32 Å². The van der Waals surface area contributed by atoms with Crippen molar-refractivity contribution < 1.29 is 9.90 Å². The van der Waals surface area contributed by atoms with Crippen LogP contribution in [0.1, 0.15) is 16.2 Å². The molecule has 2 N–H and O–H groups in total. The number of carbonyl (C=O) groups is 1. The van der Waals surface area contributed by atoms with E-state index in [2.05, 4.69) is 20.8 Å². The van der Waals surface area contributed by atoms with Crippen LogP contribution in [0.4, 0.5) is 5.69 Å². The fraction of sp³-hybridized carbons (Fsp3) is 0. The highest BCUT2D eigenvalue weighted by Gasteiger charge is 2.08. The van der Waals surface area contributed by atoms with Gasteiger partial charge >= 0.3 is 5.97 Å². The van der Waals surface area contributed by atoms with Crippen molar-refractivity contribution in [1.82, 2.24) is 20.2 Å². The number of hydrogen-bond donors (Lipinski definition) is 2. The molecule has 3 rings (SSSR count). The van der Waals surface area contributed by atoms with Crippen LogP contribution in [0.3, 0.4) is 0 Å². The maximum absolute atomic E-state index is 11.2. The number of nitrogens with zero attached hydrogens (tertiary/aromatic N) is 4. The molecule has 2 aromatic carbocycles. The van der Waals surface area contributed by atoms with Gasteiger partial charge in [0.15, 0.2) is 5.82 Å². The average molecular weight is 307 g/mol. The monoisotopic (exact) mass is 307 g/mol. The van der Waals surface area contributed by atoms with E-state index in [9.17, 15) is 4.79 Å². The van der Waals surface area contributed by atoms with Gasteiger partial charge in [-0.25, -0.2) is 4.79 Å². The first kappa shape index (κ1) is 14.5. The second-order valence-corrected chi connectivity index (χ2v) is 4.61. The molecule has 1 heterocycles. The number of tetrazole rings is 1. The van der Waals surface area contributed by atoms with Gasteiger partial charge in [-0.2, -0.15) is 4.68 Å². The first-order chi connectivity index (χ1) is 11.3. The summed E-state index contributed by atoms with van der Waals surface area (Å²) in [5.74, 6) is -0.466. The van der Waals surface area contributed by atoms with Crippen molar-refractivity contribution in [1.29, 1.82) is 0 Å². The van der Waals surface area contributed by atoms with Crippen LogP contribution in [0.5, 0.6) is 0 Å². The Morgan fingerprint density at radius 1 is 1.09 bits per heavy atom. The van der Waals surface area contributed by atoms with E-state index in [1.807, 2.05) is 30.3 Å². The summed E-state index contributed by atoms with van der Waals surface area (Å²) in [4.78, 5) is 11.2. The van der Waals surface area contributed by atoms with Gasteiger partial charge in [-0.05, 0) is 34.7 Å². The molecule has 0 radical (unpaired) electrons. The summed E-state index contributed by atoms with van der Waals surface area (Å²) in [7, 11) is 0. The van der Waals surface area contributed by atoms with Crippen molar-refractivity contribution in [2.24, 2.45) is 0 Å². The Hall–Kier alpha value is -3.48. The predicted molar refractivity (Wildman–Crippen MR) is 85.2 cm³/mol. The number of anilines is 1. The van der Waals surface area contributed by atoms with Gasteiger partial charge in [0.05, 0.1) is 16.9 Å². The van der Waals surface area contributed by atoms with E-state index in [-0.39, 0.29) is 5.56 Å². The maximum Gasteiger partial charge on any atom is 0.337 e.